The number of hydrogen-bond donors (Lipinski definition) is 2. The van der Waals surface area contributed by atoms with Gasteiger partial charge in [0.2, 0.25) is 5.96 Å². The summed E-state index contributed by atoms with van der Waals surface area (Å²) in [5.41, 5.74) is 9.98. The number of carbonyl (C=O) groups is 1. The summed E-state index contributed by atoms with van der Waals surface area (Å²) in [4.78, 5) is 11.2. The molecular weight excluding hydrogens is 227 g/mol. The van der Waals surface area contributed by atoms with Crippen molar-refractivity contribution in [1.29, 1.82) is 0 Å². The van der Waals surface area contributed by atoms with Crippen LogP contribution in [-0.2, 0) is 4.74 Å². The van der Waals surface area contributed by atoms with Crippen molar-refractivity contribution in [3.05, 3.63) is 35.1 Å². The molecular formula is C10H11FN4O2. The van der Waals surface area contributed by atoms with Crippen molar-refractivity contribution >= 4 is 18.1 Å². The van der Waals surface area contributed by atoms with Crippen LogP contribution in [0.15, 0.2) is 28.4 Å². The Morgan fingerprint density at radius 2 is 2.18 bits per heavy atom. The molecule has 0 spiro atoms. The van der Waals surface area contributed by atoms with Crippen LogP contribution < -0.4 is 11.5 Å². The first-order valence-corrected chi connectivity index (χ1v) is 4.55. The first-order valence-electron chi connectivity index (χ1n) is 4.55. The number of hydrogen-bond acceptors (Lipinski definition) is 4. The van der Waals surface area contributed by atoms with Crippen molar-refractivity contribution in [2.45, 2.75) is 0 Å². The largest absolute Gasteiger partial charge is 0.465 e. The van der Waals surface area contributed by atoms with Crippen LogP contribution in [0, 0.1) is 5.82 Å². The normalized spacial score (nSPS) is 10.2. The molecule has 0 atom stereocenters. The SMILES string of the molecule is COC(=O)c1cccc(C=NN=C(N)N)c1F. The number of carbonyl (C=O) groups excluding carboxylic acids is 1. The van der Waals surface area contributed by atoms with Crippen LogP contribution in [0.5, 0.6) is 0 Å². The molecule has 90 valence electrons. The predicted octanol–water partition coefficient (Wildman–Crippen LogP) is 0.220. The fourth-order valence-corrected chi connectivity index (χ4v) is 1.07. The molecule has 6 nitrogen and oxygen atoms in total. The third-order valence-corrected chi connectivity index (χ3v) is 1.80. The Morgan fingerprint density at radius 1 is 1.47 bits per heavy atom. The van der Waals surface area contributed by atoms with E-state index < -0.39 is 11.8 Å². The fourth-order valence-electron chi connectivity index (χ4n) is 1.07. The van der Waals surface area contributed by atoms with Crippen LogP contribution in [0.25, 0.3) is 0 Å². The topological polar surface area (TPSA) is 103 Å². The molecule has 0 bridgehead atoms. The molecule has 0 saturated carbocycles. The Labute approximate surface area is 96.8 Å². The maximum Gasteiger partial charge on any atom is 0.340 e. The predicted molar refractivity (Wildman–Crippen MR) is 61.1 cm³/mol. The van der Waals surface area contributed by atoms with Gasteiger partial charge in [0.15, 0.2) is 0 Å². The number of nitrogens with two attached hydrogens (primary N) is 2. The van der Waals surface area contributed by atoms with E-state index >= 15 is 0 Å². The Bertz CT molecular complexity index is 481. The Morgan fingerprint density at radius 3 is 2.76 bits per heavy atom. The van der Waals surface area contributed by atoms with E-state index in [1.54, 1.807) is 0 Å². The van der Waals surface area contributed by atoms with Gasteiger partial charge in [-0.15, -0.1) is 5.10 Å². The average Bonchev–Trinajstić information content (AvgIpc) is 2.30. The van der Waals surface area contributed by atoms with Gasteiger partial charge in [-0.25, -0.2) is 9.18 Å². The molecule has 1 aromatic rings. The van der Waals surface area contributed by atoms with E-state index in [0.717, 1.165) is 6.21 Å². The van der Waals surface area contributed by atoms with Gasteiger partial charge < -0.3 is 16.2 Å². The lowest BCUT2D eigenvalue weighted by atomic mass is 10.1. The molecule has 0 heterocycles. The minimum absolute atomic E-state index is 0.0814. The number of guanidine groups is 1. The first kappa shape index (κ1) is 12.6. The van der Waals surface area contributed by atoms with E-state index in [1.807, 2.05) is 0 Å². The molecule has 0 aliphatic carbocycles. The van der Waals surface area contributed by atoms with E-state index in [9.17, 15) is 9.18 Å². The molecule has 0 radical (unpaired) electrons. The lowest BCUT2D eigenvalue weighted by Crippen LogP contribution is -2.21. The van der Waals surface area contributed by atoms with Gasteiger partial charge in [-0.2, -0.15) is 5.10 Å². The number of methoxy groups -OCH3 is 1. The summed E-state index contributed by atoms with van der Waals surface area (Å²) in [6.45, 7) is 0. The molecule has 17 heavy (non-hydrogen) atoms. The van der Waals surface area contributed by atoms with Gasteiger partial charge >= 0.3 is 5.97 Å². The van der Waals surface area contributed by atoms with Crippen LogP contribution in [0.4, 0.5) is 4.39 Å². The second kappa shape index (κ2) is 5.59. The average molecular weight is 238 g/mol. The highest BCUT2D eigenvalue weighted by Crippen LogP contribution is 2.12. The smallest absolute Gasteiger partial charge is 0.340 e. The second-order valence-electron chi connectivity index (χ2n) is 2.97. The van der Waals surface area contributed by atoms with Crippen LogP contribution >= 0.6 is 0 Å². The fraction of sp³-hybridized carbons (Fsp3) is 0.100. The van der Waals surface area contributed by atoms with E-state index in [1.165, 1.54) is 25.3 Å². The van der Waals surface area contributed by atoms with Crippen LogP contribution in [-0.4, -0.2) is 25.3 Å². The summed E-state index contributed by atoms with van der Waals surface area (Å²) in [5, 5.41) is 6.76. The number of esters is 1. The quantitative estimate of drug-likeness (QED) is 0.340. The van der Waals surface area contributed by atoms with Gasteiger partial charge in [0.05, 0.1) is 18.9 Å². The van der Waals surface area contributed by atoms with E-state index in [2.05, 4.69) is 14.9 Å². The van der Waals surface area contributed by atoms with E-state index in [0.29, 0.717) is 0 Å². The number of rotatable bonds is 3. The third-order valence-electron chi connectivity index (χ3n) is 1.80. The van der Waals surface area contributed by atoms with Gasteiger partial charge in [-0.05, 0) is 6.07 Å². The zero-order valence-corrected chi connectivity index (χ0v) is 9.05. The summed E-state index contributed by atoms with van der Waals surface area (Å²) in [6.07, 6.45) is 1.10. The Hall–Kier alpha value is -2.44. The van der Waals surface area contributed by atoms with Crippen molar-refractivity contribution in [3.63, 3.8) is 0 Å². The first-order chi connectivity index (χ1) is 8.06. The summed E-state index contributed by atoms with van der Waals surface area (Å²) in [6, 6.07) is 4.22. The molecule has 4 N–H and O–H groups in total. The van der Waals surface area contributed by atoms with Crippen LogP contribution in [0.3, 0.4) is 0 Å². The number of ether oxygens (including phenoxy) is 1. The van der Waals surface area contributed by atoms with Gasteiger partial charge in [0.25, 0.3) is 0 Å². The number of benzene rings is 1. The van der Waals surface area contributed by atoms with Crippen molar-refractivity contribution in [2.75, 3.05) is 7.11 Å². The van der Waals surface area contributed by atoms with Crippen LogP contribution in [0.1, 0.15) is 15.9 Å². The summed E-state index contributed by atoms with van der Waals surface area (Å²) in [7, 11) is 1.17. The zero-order chi connectivity index (χ0) is 12.8. The molecule has 7 heteroatoms. The highest BCUT2D eigenvalue weighted by atomic mass is 19.1. The lowest BCUT2D eigenvalue weighted by Gasteiger charge is -2.02. The molecule has 1 aromatic carbocycles. The van der Waals surface area contributed by atoms with Gasteiger partial charge in [0.1, 0.15) is 5.82 Å². The van der Waals surface area contributed by atoms with Crippen molar-refractivity contribution in [2.24, 2.45) is 21.7 Å². The molecule has 0 saturated heterocycles. The maximum absolute atomic E-state index is 13.7. The third kappa shape index (κ3) is 3.26. The molecule has 0 unspecified atom stereocenters. The standard InChI is InChI=1S/C10H11FN4O2/c1-17-9(16)7-4-2-3-6(8(7)11)5-14-15-10(12)13/h2-5H,1H3,(H4,12,13,15). The Balaban J connectivity index is 3.07. The maximum atomic E-state index is 13.7. The van der Waals surface area contributed by atoms with Crippen molar-refractivity contribution in [1.82, 2.24) is 0 Å². The molecule has 0 aliphatic rings. The monoisotopic (exact) mass is 238 g/mol. The summed E-state index contributed by atoms with van der Waals surface area (Å²) in [5.74, 6) is -1.75. The van der Waals surface area contributed by atoms with E-state index in [-0.39, 0.29) is 17.1 Å². The minimum atomic E-state index is -0.764. The second-order valence-corrected chi connectivity index (χ2v) is 2.97. The molecule has 1 rings (SSSR count). The van der Waals surface area contributed by atoms with E-state index in [4.69, 9.17) is 11.5 Å². The highest BCUT2D eigenvalue weighted by Gasteiger charge is 2.13. The molecule has 0 aromatic heterocycles. The summed E-state index contributed by atoms with van der Waals surface area (Å²) >= 11 is 0. The highest BCUT2D eigenvalue weighted by molar-refractivity contribution is 5.92. The molecule has 0 aliphatic heterocycles. The van der Waals surface area contributed by atoms with Gasteiger partial charge in [-0.1, -0.05) is 12.1 Å². The lowest BCUT2D eigenvalue weighted by molar-refractivity contribution is 0.0595. The minimum Gasteiger partial charge on any atom is -0.465 e. The van der Waals surface area contributed by atoms with Crippen LogP contribution in [0.2, 0.25) is 0 Å². The number of halogens is 1. The Kier molecular flexibility index (Phi) is 4.15. The van der Waals surface area contributed by atoms with Gasteiger partial charge in [0, 0.05) is 5.56 Å². The summed E-state index contributed by atoms with van der Waals surface area (Å²) < 4.78 is 18.2. The molecule has 0 amide bonds. The van der Waals surface area contributed by atoms with Crippen molar-refractivity contribution < 1.29 is 13.9 Å². The van der Waals surface area contributed by atoms with Crippen molar-refractivity contribution in [3.8, 4) is 0 Å². The van der Waals surface area contributed by atoms with Gasteiger partial charge in [-0.3, -0.25) is 0 Å². The number of nitrogens with zero attached hydrogens (tertiary/aromatic N) is 2. The zero-order valence-electron chi connectivity index (χ0n) is 9.05. The molecule has 0 fully saturated rings.